The number of carbonyl (C=O) groups is 2. The lowest BCUT2D eigenvalue weighted by Gasteiger charge is -2.38. The summed E-state index contributed by atoms with van der Waals surface area (Å²) in [5.41, 5.74) is 2.39. The quantitative estimate of drug-likeness (QED) is 0.181. The maximum absolute atomic E-state index is 11.2. The largest absolute Gasteiger partial charge is 0.493 e. The van der Waals surface area contributed by atoms with Crippen molar-refractivity contribution in [2.24, 2.45) is 5.92 Å². The lowest BCUT2D eigenvalue weighted by atomic mass is 9.92. The molecule has 0 radical (unpaired) electrons. The van der Waals surface area contributed by atoms with Gasteiger partial charge >= 0.3 is 11.9 Å². The van der Waals surface area contributed by atoms with E-state index in [1.54, 1.807) is 12.1 Å². The van der Waals surface area contributed by atoms with Gasteiger partial charge in [-0.3, -0.25) is 9.69 Å². The van der Waals surface area contributed by atoms with Crippen LogP contribution in [0, 0.1) is 5.92 Å². The van der Waals surface area contributed by atoms with Gasteiger partial charge in [0.25, 0.3) is 0 Å². The Morgan fingerprint density at radius 1 is 0.884 bits per heavy atom. The molecule has 43 heavy (non-hydrogen) atoms. The predicted molar refractivity (Wildman–Crippen MR) is 172 cm³/mol. The van der Waals surface area contributed by atoms with Crippen molar-refractivity contribution in [3.8, 4) is 5.75 Å². The molecule has 2 aromatic rings. The third-order valence-electron chi connectivity index (χ3n) is 9.01. The van der Waals surface area contributed by atoms with Crippen LogP contribution in [0.25, 0.3) is 6.08 Å². The summed E-state index contributed by atoms with van der Waals surface area (Å²) in [6.07, 6.45) is 16.6. The van der Waals surface area contributed by atoms with Crippen molar-refractivity contribution in [3.05, 3.63) is 71.3 Å². The molecule has 2 aliphatic rings. The van der Waals surface area contributed by atoms with E-state index in [4.69, 9.17) is 9.84 Å². The van der Waals surface area contributed by atoms with E-state index in [1.807, 2.05) is 30.3 Å². The van der Waals surface area contributed by atoms with Crippen LogP contribution in [0.3, 0.4) is 0 Å². The fourth-order valence-electron chi connectivity index (χ4n) is 6.44. The summed E-state index contributed by atoms with van der Waals surface area (Å²) in [6.45, 7) is 6.78. The molecule has 1 aliphatic carbocycles. The van der Waals surface area contributed by atoms with E-state index >= 15 is 0 Å². The number of carboxylic acid groups (broad SMARTS) is 2. The molecule has 2 aromatic carbocycles. The molecule has 1 saturated heterocycles. The molecule has 0 aromatic heterocycles. The number of para-hydroxylation sites is 1. The number of unbranched alkanes of at least 4 members (excludes halogenated alkanes) is 3. The van der Waals surface area contributed by atoms with Crippen molar-refractivity contribution in [1.82, 2.24) is 9.80 Å². The van der Waals surface area contributed by atoms with Crippen LogP contribution in [0.15, 0.2) is 54.6 Å². The lowest BCUT2D eigenvalue weighted by molar-refractivity contribution is -0.137. The third-order valence-corrected chi connectivity index (χ3v) is 9.01. The van der Waals surface area contributed by atoms with Crippen LogP contribution in [0.5, 0.6) is 5.75 Å². The topological polar surface area (TPSA) is 90.3 Å². The van der Waals surface area contributed by atoms with Crippen LogP contribution < -0.4 is 4.74 Å². The van der Waals surface area contributed by atoms with Crippen LogP contribution in [0.2, 0.25) is 0 Å². The molecule has 7 nitrogen and oxygen atoms in total. The van der Waals surface area contributed by atoms with Gasteiger partial charge in [0, 0.05) is 44.2 Å². The summed E-state index contributed by atoms with van der Waals surface area (Å²) in [6, 6.07) is 16.0. The molecule has 4 rings (SSSR count). The Balaban J connectivity index is 1.21. The smallest absolute Gasteiger partial charge is 0.335 e. The second-order valence-corrected chi connectivity index (χ2v) is 12.2. The number of hydrogen-bond donors (Lipinski definition) is 2. The highest BCUT2D eigenvalue weighted by atomic mass is 16.5. The van der Waals surface area contributed by atoms with Crippen LogP contribution in [0.4, 0.5) is 0 Å². The average molecular weight is 591 g/mol. The van der Waals surface area contributed by atoms with E-state index in [-0.39, 0.29) is 17.9 Å². The Morgan fingerprint density at radius 3 is 2.35 bits per heavy atom. The molecule has 7 heteroatoms. The highest BCUT2D eigenvalue weighted by Gasteiger charge is 2.25. The van der Waals surface area contributed by atoms with Crippen LogP contribution in [-0.4, -0.2) is 77.3 Å². The number of ether oxygens (including phenoxy) is 1. The van der Waals surface area contributed by atoms with E-state index in [2.05, 4.69) is 28.0 Å². The number of aliphatic carboxylic acids is 1. The maximum Gasteiger partial charge on any atom is 0.335 e. The van der Waals surface area contributed by atoms with Crippen molar-refractivity contribution >= 4 is 18.0 Å². The summed E-state index contributed by atoms with van der Waals surface area (Å²) in [5.74, 6) is -0.601. The van der Waals surface area contributed by atoms with E-state index in [1.165, 1.54) is 71.2 Å². The van der Waals surface area contributed by atoms with Gasteiger partial charge in [0.2, 0.25) is 0 Å². The van der Waals surface area contributed by atoms with Gasteiger partial charge < -0.3 is 19.8 Å². The first-order chi connectivity index (χ1) is 21.0. The summed E-state index contributed by atoms with van der Waals surface area (Å²) in [7, 11) is 0. The number of piperazine rings is 1. The summed E-state index contributed by atoms with van der Waals surface area (Å²) in [5, 5.41) is 18.2. The summed E-state index contributed by atoms with van der Waals surface area (Å²) < 4.78 is 6.22. The number of rotatable bonds is 18. The first-order valence-electron chi connectivity index (χ1n) is 16.4. The second-order valence-electron chi connectivity index (χ2n) is 12.2. The van der Waals surface area contributed by atoms with Crippen molar-refractivity contribution < 1.29 is 24.5 Å². The molecule has 0 spiro atoms. The Hall–Kier alpha value is -3.16. The normalized spacial score (nSPS) is 17.4. The van der Waals surface area contributed by atoms with Gasteiger partial charge in [0.1, 0.15) is 5.75 Å². The first-order valence-corrected chi connectivity index (χ1v) is 16.4. The number of benzene rings is 2. The Kier molecular flexibility index (Phi) is 13.6. The number of allylic oxidation sites excluding steroid dienone is 1. The van der Waals surface area contributed by atoms with Crippen LogP contribution in [-0.2, 0) is 11.2 Å². The number of hydrogen-bond acceptors (Lipinski definition) is 5. The molecular formula is C36H50N2O5. The first kappa shape index (κ1) is 32.7. The van der Waals surface area contributed by atoms with Gasteiger partial charge in [-0.1, -0.05) is 61.7 Å². The molecule has 1 heterocycles. The molecule has 234 valence electrons. The molecule has 0 bridgehead atoms. The van der Waals surface area contributed by atoms with E-state index in [0.29, 0.717) is 13.0 Å². The zero-order chi connectivity index (χ0) is 30.3. The predicted octanol–water partition coefficient (Wildman–Crippen LogP) is 7.01. The highest BCUT2D eigenvalue weighted by Crippen LogP contribution is 2.25. The highest BCUT2D eigenvalue weighted by molar-refractivity contribution is 5.87. The van der Waals surface area contributed by atoms with Gasteiger partial charge in [-0.25, -0.2) is 4.79 Å². The van der Waals surface area contributed by atoms with Gasteiger partial charge in [-0.2, -0.15) is 0 Å². The fourth-order valence-corrected chi connectivity index (χ4v) is 6.44. The Bertz CT molecular complexity index is 1150. The lowest BCUT2D eigenvalue weighted by Crippen LogP contribution is -2.49. The molecule has 1 saturated carbocycles. The second kappa shape index (κ2) is 17.8. The minimum atomic E-state index is -0.930. The molecule has 0 amide bonds. The Morgan fingerprint density at radius 2 is 1.63 bits per heavy atom. The van der Waals surface area contributed by atoms with Gasteiger partial charge in [0.05, 0.1) is 12.2 Å². The number of aromatic carboxylic acids is 1. The summed E-state index contributed by atoms with van der Waals surface area (Å²) >= 11 is 0. The van der Waals surface area contributed by atoms with Crippen molar-refractivity contribution in [1.29, 1.82) is 0 Å². The van der Waals surface area contributed by atoms with Crippen molar-refractivity contribution in [2.75, 3.05) is 39.3 Å². The fraction of sp³-hybridized carbons (Fsp3) is 0.556. The maximum atomic E-state index is 11.2. The van der Waals surface area contributed by atoms with Crippen LogP contribution >= 0.6 is 0 Å². The molecule has 1 atom stereocenters. The van der Waals surface area contributed by atoms with Gasteiger partial charge in [0.15, 0.2) is 0 Å². The molecule has 2 fully saturated rings. The monoisotopic (exact) mass is 590 g/mol. The van der Waals surface area contributed by atoms with E-state index in [0.717, 1.165) is 48.6 Å². The molecule has 1 aliphatic heterocycles. The van der Waals surface area contributed by atoms with Crippen LogP contribution in [0.1, 0.15) is 92.1 Å². The average Bonchev–Trinajstić information content (AvgIpc) is 3.56. The zero-order valence-corrected chi connectivity index (χ0v) is 25.7. The molecular weight excluding hydrogens is 540 g/mol. The van der Waals surface area contributed by atoms with Gasteiger partial charge in [-0.05, 0) is 87.6 Å². The SMILES string of the molecule is O=C(O)CCCCC(C=Cc1ccccc1OCCCCCN1CCN(C2CCCC2)CC1)Cc1ccc(C(=O)O)cc1. The minimum Gasteiger partial charge on any atom is -0.493 e. The summed E-state index contributed by atoms with van der Waals surface area (Å²) in [4.78, 5) is 27.5. The Labute approximate surface area is 257 Å². The minimum absolute atomic E-state index is 0.178. The van der Waals surface area contributed by atoms with E-state index in [9.17, 15) is 14.7 Å². The third kappa shape index (κ3) is 11.5. The van der Waals surface area contributed by atoms with Crippen molar-refractivity contribution in [2.45, 2.75) is 83.1 Å². The molecule has 1 unspecified atom stereocenters. The zero-order valence-electron chi connectivity index (χ0n) is 25.7. The van der Waals surface area contributed by atoms with E-state index < -0.39 is 11.9 Å². The number of carboxylic acids is 2. The number of nitrogens with zero attached hydrogens (tertiary/aromatic N) is 2. The standard InChI is InChI=1S/C36H50N2O5/c39-35(40)15-7-2-10-29(28-30-17-20-32(21-18-30)36(41)42)16-19-31-11-3-6-14-34(31)43-27-9-1-8-22-37-23-25-38(26-24-37)33-12-4-5-13-33/h3,6,11,14,16-21,29,33H,1-2,4-5,7-10,12-13,15,22-28H2,(H,39,40)(H,41,42). The van der Waals surface area contributed by atoms with Gasteiger partial charge in [-0.15, -0.1) is 0 Å². The van der Waals surface area contributed by atoms with Crippen molar-refractivity contribution in [3.63, 3.8) is 0 Å². The molecule has 2 N–H and O–H groups in total.